The summed E-state index contributed by atoms with van der Waals surface area (Å²) in [4.78, 5) is 28.3. The van der Waals surface area contributed by atoms with Crippen LogP contribution in [0.15, 0.2) is 78.9 Å². The minimum absolute atomic E-state index is 0.134. The van der Waals surface area contributed by atoms with Crippen molar-refractivity contribution >= 4 is 29.4 Å². The lowest BCUT2D eigenvalue weighted by atomic mass is 9.99. The van der Waals surface area contributed by atoms with E-state index in [4.69, 9.17) is 5.10 Å². The Morgan fingerprint density at radius 3 is 2.51 bits per heavy atom. The fraction of sp³-hybridized carbons (Fsp3) is 0.258. The molecule has 0 spiro atoms. The van der Waals surface area contributed by atoms with E-state index < -0.39 is 0 Å². The van der Waals surface area contributed by atoms with Crippen molar-refractivity contribution in [3.8, 4) is 16.9 Å². The molecule has 3 aromatic carbocycles. The second-order valence-electron chi connectivity index (χ2n) is 10.1. The van der Waals surface area contributed by atoms with Gasteiger partial charge in [-0.25, -0.2) is 9.07 Å². The molecule has 0 aliphatic carbocycles. The fourth-order valence-electron chi connectivity index (χ4n) is 4.64. The summed E-state index contributed by atoms with van der Waals surface area (Å²) >= 11 is 1.42. The highest BCUT2D eigenvalue weighted by Gasteiger charge is 2.37. The summed E-state index contributed by atoms with van der Waals surface area (Å²) in [5.41, 5.74) is 4.94. The molecule has 1 unspecified atom stereocenters. The number of anilines is 1. The van der Waals surface area contributed by atoms with Gasteiger partial charge < -0.3 is 5.32 Å². The van der Waals surface area contributed by atoms with E-state index >= 15 is 0 Å². The van der Waals surface area contributed by atoms with Crippen LogP contribution in [0, 0.1) is 18.7 Å². The quantitative estimate of drug-likeness (QED) is 0.314. The molecule has 0 fully saturated rings. The van der Waals surface area contributed by atoms with E-state index in [1.165, 1.54) is 28.8 Å². The van der Waals surface area contributed by atoms with E-state index in [-0.39, 0.29) is 41.1 Å². The summed E-state index contributed by atoms with van der Waals surface area (Å²) in [5, 5.41) is 7.61. The third-order valence-electron chi connectivity index (χ3n) is 6.58. The number of benzene rings is 3. The number of fused-ring (bicyclic) bond motifs is 1. The van der Waals surface area contributed by atoms with Crippen molar-refractivity contribution in [2.24, 2.45) is 5.92 Å². The van der Waals surface area contributed by atoms with Crippen molar-refractivity contribution in [2.75, 3.05) is 23.7 Å². The maximum atomic E-state index is 14.4. The topological polar surface area (TPSA) is 67.2 Å². The molecule has 2 heterocycles. The Balaban J connectivity index is 1.76. The van der Waals surface area contributed by atoms with Crippen LogP contribution in [0.1, 0.15) is 35.8 Å². The van der Waals surface area contributed by atoms with Gasteiger partial charge in [-0.2, -0.15) is 5.10 Å². The van der Waals surface area contributed by atoms with Crippen molar-refractivity contribution in [3.05, 3.63) is 101 Å². The summed E-state index contributed by atoms with van der Waals surface area (Å²) < 4.78 is 16.2. The normalized spacial score (nSPS) is 15.3. The number of nitrogens with one attached hydrogen (secondary N) is 1. The van der Waals surface area contributed by atoms with E-state index in [2.05, 4.69) is 5.32 Å². The number of rotatable bonds is 7. The smallest absolute Gasteiger partial charge is 0.240 e. The molecule has 4 aromatic rings. The first-order valence-corrected chi connectivity index (χ1v) is 14.1. The highest BCUT2D eigenvalue weighted by atomic mass is 32.2. The van der Waals surface area contributed by atoms with Crippen LogP contribution >= 0.6 is 11.8 Å². The zero-order valence-corrected chi connectivity index (χ0v) is 23.0. The van der Waals surface area contributed by atoms with E-state index in [1.807, 2.05) is 81.4 Å². The van der Waals surface area contributed by atoms with E-state index in [1.54, 1.807) is 10.7 Å². The number of thioether (sulfide) groups is 1. The number of aryl methyl sites for hydroxylation is 1. The molecule has 0 saturated carbocycles. The fourth-order valence-corrected chi connectivity index (χ4v) is 5.83. The molecular weight excluding hydrogens is 511 g/mol. The maximum Gasteiger partial charge on any atom is 0.240 e. The van der Waals surface area contributed by atoms with Gasteiger partial charge in [-0.1, -0.05) is 74.0 Å². The molecule has 200 valence electrons. The first-order valence-electron chi connectivity index (χ1n) is 13.0. The van der Waals surface area contributed by atoms with Gasteiger partial charge >= 0.3 is 0 Å². The minimum Gasteiger partial charge on any atom is -0.354 e. The molecule has 0 saturated heterocycles. The predicted molar refractivity (Wildman–Crippen MR) is 155 cm³/mol. The molecule has 1 N–H and O–H groups in total. The van der Waals surface area contributed by atoms with Gasteiger partial charge in [0.2, 0.25) is 11.8 Å². The van der Waals surface area contributed by atoms with E-state index in [9.17, 15) is 14.0 Å². The molecule has 1 aliphatic heterocycles. The lowest BCUT2D eigenvalue weighted by molar-refractivity contribution is -0.123. The van der Waals surface area contributed by atoms with Crippen molar-refractivity contribution in [1.82, 2.24) is 15.1 Å². The predicted octanol–water partition coefficient (Wildman–Crippen LogP) is 5.93. The number of halogens is 1. The summed E-state index contributed by atoms with van der Waals surface area (Å²) in [6.07, 6.45) is 0. The average molecular weight is 543 g/mol. The Labute approximate surface area is 232 Å². The number of carbonyl (C=O) groups excluding carboxylic acids is 2. The SMILES string of the molecule is Cc1ccc(-n2nc(-c3ccccc3)c3c2N(CC(=O)NCC(C)C)C(=O)CSC3c2cccc(F)c2)cc1. The van der Waals surface area contributed by atoms with Gasteiger partial charge in [0, 0.05) is 17.7 Å². The van der Waals surface area contributed by atoms with Gasteiger partial charge in [-0.3, -0.25) is 14.5 Å². The van der Waals surface area contributed by atoms with E-state index in [0.29, 0.717) is 18.1 Å². The number of aromatic nitrogens is 2. The first-order chi connectivity index (χ1) is 18.8. The Hall–Kier alpha value is -3.91. The number of nitrogens with zero attached hydrogens (tertiary/aromatic N) is 3. The van der Waals surface area contributed by atoms with Crippen molar-refractivity contribution in [2.45, 2.75) is 26.0 Å². The first kappa shape index (κ1) is 26.7. The standard InChI is InChI=1S/C31H31FN4O2S/c1-20(2)17-33-26(37)18-35-27(38)19-39-30(23-10-7-11-24(32)16-23)28-29(22-8-5-4-6-9-22)34-36(31(28)35)25-14-12-21(3)13-15-25/h4-16,20,30H,17-19H2,1-3H3,(H,33,37). The van der Waals surface area contributed by atoms with Crippen molar-refractivity contribution in [1.29, 1.82) is 0 Å². The molecule has 0 bridgehead atoms. The Bertz CT molecular complexity index is 1480. The summed E-state index contributed by atoms with van der Waals surface area (Å²) in [5.74, 6) is 0.155. The second kappa shape index (κ2) is 11.5. The number of hydrogen-bond acceptors (Lipinski definition) is 4. The molecule has 39 heavy (non-hydrogen) atoms. The van der Waals surface area contributed by atoms with Crippen LogP contribution in [0.4, 0.5) is 10.2 Å². The maximum absolute atomic E-state index is 14.4. The van der Waals surface area contributed by atoms with Gasteiger partial charge in [-0.05, 0) is 42.7 Å². The monoisotopic (exact) mass is 542 g/mol. The Kier molecular flexibility index (Phi) is 7.84. The summed E-state index contributed by atoms with van der Waals surface area (Å²) in [6, 6.07) is 24.1. The summed E-state index contributed by atoms with van der Waals surface area (Å²) in [6.45, 7) is 6.43. The van der Waals surface area contributed by atoms with Crippen LogP contribution < -0.4 is 10.2 Å². The van der Waals surface area contributed by atoms with Gasteiger partial charge in [0.25, 0.3) is 0 Å². The van der Waals surface area contributed by atoms with Gasteiger partial charge in [0.05, 0.1) is 22.4 Å². The molecule has 6 nitrogen and oxygen atoms in total. The molecule has 8 heteroatoms. The highest BCUT2D eigenvalue weighted by molar-refractivity contribution is 8.00. The lowest BCUT2D eigenvalue weighted by Gasteiger charge is -2.23. The average Bonchev–Trinajstić information content (AvgIpc) is 3.25. The second-order valence-corrected chi connectivity index (χ2v) is 11.2. The van der Waals surface area contributed by atoms with Crippen LogP contribution in [0.3, 0.4) is 0 Å². The molecule has 2 amide bonds. The zero-order valence-electron chi connectivity index (χ0n) is 22.2. The van der Waals surface area contributed by atoms with Gasteiger partial charge in [-0.15, -0.1) is 11.8 Å². The minimum atomic E-state index is -0.377. The molecule has 1 aromatic heterocycles. The molecule has 1 atom stereocenters. The van der Waals surface area contributed by atoms with Crippen LogP contribution in [0.2, 0.25) is 0 Å². The number of amides is 2. The van der Waals surface area contributed by atoms with E-state index in [0.717, 1.165) is 27.9 Å². The number of carbonyl (C=O) groups is 2. The molecule has 0 radical (unpaired) electrons. The highest BCUT2D eigenvalue weighted by Crippen LogP contribution is 2.48. The molecular formula is C31H31FN4O2S. The molecule has 5 rings (SSSR count). The largest absolute Gasteiger partial charge is 0.354 e. The van der Waals surface area contributed by atoms with Gasteiger partial charge in [0.1, 0.15) is 18.2 Å². The zero-order chi connectivity index (χ0) is 27.5. The van der Waals surface area contributed by atoms with Crippen LogP contribution in [0.25, 0.3) is 16.9 Å². The van der Waals surface area contributed by atoms with Crippen molar-refractivity contribution < 1.29 is 14.0 Å². The summed E-state index contributed by atoms with van der Waals surface area (Å²) in [7, 11) is 0. The Morgan fingerprint density at radius 1 is 1.08 bits per heavy atom. The lowest BCUT2D eigenvalue weighted by Crippen LogP contribution is -2.43. The van der Waals surface area contributed by atoms with Gasteiger partial charge in [0.15, 0.2) is 0 Å². The third kappa shape index (κ3) is 5.76. The van der Waals surface area contributed by atoms with Crippen LogP contribution in [-0.4, -0.2) is 40.4 Å². The molecule has 1 aliphatic rings. The van der Waals surface area contributed by atoms with Crippen LogP contribution in [-0.2, 0) is 9.59 Å². The number of hydrogen-bond donors (Lipinski definition) is 1. The van der Waals surface area contributed by atoms with Crippen molar-refractivity contribution in [3.63, 3.8) is 0 Å². The van der Waals surface area contributed by atoms with Crippen LogP contribution in [0.5, 0.6) is 0 Å². The Morgan fingerprint density at radius 2 is 1.82 bits per heavy atom. The third-order valence-corrected chi connectivity index (χ3v) is 7.83.